The van der Waals surface area contributed by atoms with E-state index in [1.54, 1.807) is 0 Å². The summed E-state index contributed by atoms with van der Waals surface area (Å²) >= 11 is 6.77. The van der Waals surface area contributed by atoms with E-state index in [4.69, 9.17) is 20.4 Å². The van der Waals surface area contributed by atoms with Gasteiger partial charge in [-0.15, -0.1) is 0 Å². The summed E-state index contributed by atoms with van der Waals surface area (Å²) in [6.45, 7) is 1.81. The largest absolute Gasteiger partial charge is 0.435 e. The number of likely N-dealkylation sites (tertiary alicyclic amines) is 1. The zero-order chi connectivity index (χ0) is 17.5. The van der Waals surface area contributed by atoms with E-state index in [9.17, 15) is 0 Å². The Hall–Kier alpha value is -2.79. The molecule has 3 heterocycles. The molecule has 5 rings (SSSR count). The van der Waals surface area contributed by atoms with Crippen LogP contribution in [0.15, 0.2) is 57.4 Å². The molecule has 5 nitrogen and oxygen atoms in total. The third-order valence-electron chi connectivity index (χ3n) is 4.61. The molecule has 0 spiro atoms. The van der Waals surface area contributed by atoms with E-state index >= 15 is 0 Å². The maximum Gasteiger partial charge on any atom is 0.245 e. The van der Waals surface area contributed by atoms with Gasteiger partial charge in [-0.2, -0.15) is 0 Å². The van der Waals surface area contributed by atoms with Gasteiger partial charge in [-0.1, -0.05) is 35.9 Å². The summed E-state index contributed by atoms with van der Waals surface area (Å²) in [5, 5.41) is 0.426. The molecule has 0 unspecified atom stereocenters. The maximum absolute atomic E-state index is 6.77. The number of benzene rings is 2. The highest BCUT2D eigenvalue weighted by molar-refractivity contribution is 6.51. The molecule has 0 aliphatic carbocycles. The Labute approximate surface area is 154 Å². The molecule has 0 N–H and O–H groups in total. The van der Waals surface area contributed by atoms with E-state index in [0.29, 0.717) is 22.4 Å². The van der Waals surface area contributed by atoms with Gasteiger partial charge in [0, 0.05) is 13.1 Å². The highest BCUT2D eigenvalue weighted by Gasteiger charge is 2.27. The minimum atomic E-state index is 0.386. The van der Waals surface area contributed by atoms with Crippen LogP contribution in [0.25, 0.3) is 32.9 Å². The SMILES string of the molecule is Cl/C(=C(/c1nc2ccccc2o1)N1CCCC1)c1nc2ccccc2o1. The zero-order valence-corrected chi connectivity index (χ0v) is 14.7. The van der Waals surface area contributed by atoms with Gasteiger partial charge in [0.15, 0.2) is 11.2 Å². The van der Waals surface area contributed by atoms with Crippen molar-refractivity contribution in [1.29, 1.82) is 0 Å². The molecule has 1 aliphatic rings. The molecule has 0 amide bonds. The predicted octanol–water partition coefficient (Wildman–Crippen LogP) is 5.13. The fourth-order valence-electron chi connectivity index (χ4n) is 3.35. The number of rotatable bonds is 3. The molecule has 2 aromatic carbocycles. The molecule has 2 aromatic heterocycles. The Morgan fingerprint density at radius 3 is 1.96 bits per heavy atom. The van der Waals surface area contributed by atoms with Crippen LogP contribution in [-0.2, 0) is 0 Å². The number of aromatic nitrogens is 2. The summed E-state index contributed by atoms with van der Waals surface area (Å²) in [5.74, 6) is 0.886. The first-order chi connectivity index (χ1) is 12.8. The van der Waals surface area contributed by atoms with Gasteiger partial charge in [-0.25, -0.2) is 9.97 Å². The van der Waals surface area contributed by atoms with Crippen LogP contribution in [0.4, 0.5) is 0 Å². The van der Waals surface area contributed by atoms with Crippen LogP contribution in [0.1, 0.15) is 24.6 Å². The summed E-state index contributed by atoms with van der Waals surface area (Å²) in [7, 11) is 0. The van der Waals surface area contributed by atoms with Crippen molar-refractivity contribution in [3.63, 3.8) is 0 Å². The third-order valence-corrected chi connectivity index (χ3v) is 4.95. The van der Waals surface area contributed by atoms with Gasteiger partial charge in [-0.05, 0) is 37.1 Å². The van der Waals surface area contributed by atoms with Crippen LogP contribution in [0.2, 0.25) is 0 Å². The lowest BCUT2D eigenvalue weighted by Gasteiger charge is -2.19. The lowest BCUT2D eigenvalue weighted by molar-refractivity contribution is 0.462. The first kappa shape index (κ1) is 15.5. The standard InChI is InChI=1S/C20H16ClN3O2/c21-17(19-22-13-7-1-3-9-15(13)25-19)18(24-11-5-6-12-24)20-23-14-8-2-4-10-16(14)26-20/h1-4,7-10H,5-6,11-12H2/b18-17-. The lowest BCUT2D eigenvalue weighted by atomic mass is 10.3. The van der Waals surface area contributed by atoms with Crippen molar-refractivity contribution in [2.45, 2.75) is 12.8 Å². The van der Waals surface area contributed by atoms with Crippen molar-refractivity contribution in [1.82, 2.24) is 14.9 Å². The van der Waals surface area contributed by atoms with Crippen LogP contribution < -0.4 is 0 Å². The average Bonchev–Trinajstić information content (AvgIpc) is 3.40. The molecule has 1 aliphatic heterocycles. The maximum atomic E-state index is 6.77. The number of para-hydroxylation sites is 4. The zero-order valence-electron chi connectivity index (χ0n) is 14.0. The Bertz CT molecular complexity index is 1060. The van der Waals surface area contributed by atoms with Crippen molar-refractivity contribution in [3.8, 4) is 0 Å². The Morgan fingerprint density at radius 1 is 0.808 bits per heavy atom. The number of halogens is 1. The van der Waals surface area contributed by atoms with Gasteiger partial charge in [0.05, 0.1) is 0 Å². The van der Waals surface area contributed by atoms with Gasteiger partial charge < -0.3 is 13.7 Å². The number of nitrogens with zero attached hydrogens (tertiary/aromatic N) is 3. The quantitative estimate of drug-likeness (QED) is 0.503. The highest BCUT2D eigenvalue weighted by atomic mass is 35.5. The summed E-state index contributed by atoms with van der Waals surface area (Å²) in [6, 6.07) is 15.3. The van der Waals surface area contributed by atoms with Gasteiger partial charge >= 0.3 is 0 Å². The van der Waals surface area contributed by atoms with Gasteiger partial charge in [0.2, 0.25) is 11.8 Å². The van der Waals surface area contributed by atoms with Gasteiger partial charge in [0.1, 0.15) is 21.8 Å². The first-order valence-corrected chi connectivity index (χ1v) is 9.04. The van der Waals surface area contributed by atoms with Crippen molar-refractivity contribution >= 4 is 44.5 Å². The molecule has 6 heteroatoms. The third kappa shape index (κ3) is 2.56. The van der Waals surface area contributed by atoms with E-state index in [2.05, 4.69) is 14.9 Å². The fourth-order valence-corrected chi connectivity index (χ4v) is 3.63. The minimum Gasteiger partial charge on any atom is -0.435 e. The van der Waals surface area contributed by atoms with Crippen molar-refractivity contribution < 1.29 is 8.83 Å². The van der Waals surface area contributed by atoms with E-state index in [1.807, 2.05) is 48.5 Å². The molecule has 0 bridgehead atoms. The second kappa shape index (κ2) is 6.18. The second-order valence-electron chi connectivity index (χ2n) is 6.33. The van der Waals surface area contributed by atoms with Crippen LogP contribution in [-0.4, -0.2) is 28.0 Å². The lowest BCUT2D eigenvalue weighted by Crippen LogP contribution is -2.18. The molecular weight excluding hydrogens is 350 g/mol. The molecule has 130 valence electrons. The molecule has 1 saturated heterocycles. The molecule has 0 saturated carbocycles. The number of hydrogen-bond acceptors (Lipinski definition) is 5. The number of oxazole rings is 2. The van der Waals surface area contributed by atoms with Crippen LogP contribution in [0.3, 0.4) is 0 Å². The topological polar surface area (TPSA) is 55.3 Å². The Balaban J connectivity index is 1.70. The summed E-state index contributed by atoms with van der Waals surface area (Å²) < 4.78 is 11.9. The number of fused-ring (bicyclic) bond motifs is 2. The van der Waals surface area contributed by atoms with E-state index in [-0.39, 0.29) is 0 Å². The minimum absolute atomic E-state index is 0.386. The van der Waals surface area contributed by atoms with Crippen LogP contribution >= 0.6 is 11.6 Å². The molecule has 26 heavy (non-hydrogen) atoms. The Morgan fingerprint density at radius 2 is 1.35 bits per heavy atom. The smallest absolute Gasteiger partial charge is 0.245 e. The normalized spacial score (nSPS) is 15.8. The second-order valence-corrected chi connectivity index (χ2v) is 6.71. The van der Waals surface area contributed by atoms with E-state index < -0.39 is 0 Å². The monoisotopic (exact) mass is 365 g/mol. The van der Waals surface area contributed by atoms with E-state index in [0.717, 1.165) is 48.2 Å². The van der Waals surface area contributed by atoms with E-state index in [1.165, 1.54) is 0 Å². The Kier molecular flexibility index (Phi) is 3.68. The molecule has 0 radical (unpaired) electrons. The summed E-state index contributed by atoms with van der Waals surface area (Å²) in [6.07, 6.45) is 2.23. The van der Waals surface area contributed by atoms with Crippen molar-refractivity contribution in [3.05, 3.63) is 60.3 Å². The fraction of sp³-hybridized carbons (Fsp3) is 0.200. The van der Waals surface area contributed by atoms with Crippen molar-refractivity contribution in [2.24, 2.45) is 0 Å². The van der Waals surface area contributed by atoms with Gasteiger partial charge in [0.25, 0.3) is 0 Å². The molecular formula is C20H16ClN3O2. The predicted molar refractivity (Wildman–Crippen MR) is 101 cm³/mol. The summed E-state index contributed by atoms with van der Waals surface area (Å²) in [4.78, 5) is 11.4. The highest BCUT2D eigenvalue weighted by Crippen LogP contribution is 2.36. The van der Waals surface area contributed by atoms with Gasteiger partial charge in [-0.3, -0.25) is 0 Å². The van der Waals surface area contributed by atoms with Crippen LogP contribution in [0.5, 0.6) is 0 Å². The molecule has 0 atom stereocenters. The van der Waals surface area contributed by atoms with Crippen molar-refractivity contribution in [2.75, 3.05) is 13.1 Å². The average molecular weight is 366 g/mol. The molecule has 1 fully saturated rings. The first-order valence-electron chi connectivity index (χ1n) is 8.66. The van der Waals surface area contributed by atoms with Crippen LogP contribution in [0, 0.1) is 0 Å². The number of hydrogen-bond donors (Lipinski definition) is 0. The molecule has 4 aromatic rings. The summed E-state index contributed by atoms with van der Waals surface area (Å²) in [5.41, 5.74) is 3.77.